The van der Waals surface area contributed by atoms with Gasteiger partial charge in [-0.3, -0.25) is 4.79 Å². The molecule has 8 nitrogen and oxygen atoms in total. The van der Waals surface area contributed by atoms with Gasteiger partial charge in [-0.25, -0.2) is 9.97 Å². The van der Waals surface area contributed by atoms with Crippen LogP contribution in [0.5, 0.6) is 6.01 Å². The first kappa shape index (κ1) is 20.4. The molecule has 0 saturated carbocycles. The molecule has 32 heavy (non-hydrogen) atoms. The van der Waals surface area contributed by atoms with Crippen molar-refractivity contribution in [3.05, 3.63) is 59.7 Å². The Kier molecular flexibility index (Phi) is 4.83. The van der Waals surface area contributed by atoms with Crippen LogP contribution in [0.3, 0.4) is 0 Å². The number of carbonyl (C=O) groups is 1. The van der Waals surface area contributed by atoms with E-state index in [0.717, 1.165) is 18.4 Å². The monoisotopic (exact) mass is 444 g/mol. The Morgan fingerprint density at radius 2 is 1.84 bits per heavy atom. The third-order valence-corrected chi connectivity index (χ3v) is 6.01. The number of aromatic nitrogens is 5. The first-order chi connectivity index (χ1) is 15.3. The topological polar surface area (TPSA) is 86.0 Å². The Hall–Kier alpha value is -3.50. The van der Waals surface area contributed by atoms with Crippen molar-refractivity contribution in [1.82, 2.24) is 29.9 Å². The number of carbonyl (C=O) groups excluding carboxylic acids is 1. The number of fused-ring (bicyclic) bond motifs is 2. The highest BCUT2D eigenvalue weighted by atomic mass is 19.4. The van der Waals surface area contributed by atoms with E-state index in [1.807, 2.05) is 24.0 Å². The summed E-state index contributed by atoms with van der Waals surface area (Å²) in [7, 11) is 0. The minimum absolute atomic E-state index is 0.0223. The molecule has 166 valence electrons. The Bertz CT molecular complexity index is 1130. The average Bonchev–Trinajstić information content (AvgIpc) is 3.49. The summed E-state index contributed by atoms with van der Waals surface area (Å²) in [4.78, 5) is 24.2. The maximum atomic E-state index is 13.6. The van der Waals surface area contributed by atoms with Gasteiger partial charge in [0.2, 0.25) is 0 Å². The standard InChI is InChI=1S/C21H19F3N6O2/c1-12-3-2-4-15(18(12)30-27-7-8-28-30)19(31)29-14-5-6-16(29)17(9-14)32-20-25-10-13(11-26-20)21(22,23)24/h2-4,7-8,10-11,14,16-17H,5-6,9H2,1H3/t14-,16+,17-/m1/s1. The maximum absolute atomic E-state index is 13.6. The summed E-state index contributed by atoms with van der Waals surface area (Å²) >= 11 is 0. The lowest BCUT2D eigenvalue weighted by Gasteiger charge is -2.25. The molecule has 2 fully saturated rings. The van der Waals surface area contributed by atoms with Crippen LogP contribution >= 0.6 is 0 Å². The zero-order valence-electron chi connectivity index (χ0n) is 17.0. The van der Waals surface area contributed by atoms with Crippen molar-refractivity contribution in [3.8, 4) is 11.7 Å². The van der Waals surface area contributed by atoms with Gasteiger partial charge >= 0.3 is 12.2 Å². The summed E-state index contributed by atoms with van der Waals surface area (Å²) < 4.78 is 44.0. The summed E-state index contributed by atoms with van der Waals surface area (Å²) in [5.41, 5.74) is 1.04. The molecule has 2 bridgehead atoms. The lowest BCUT2D eigenvalue weighted by atomic mass is 9.98. The fraction of sp³-hybridized carbons (Fsp3) is 0.381. The van der Waals surface area contributed by atoms with Crippen LogP contribution in [0.15, 0.2) is 43.0 Å². The molecule has 0 N–H and O–H groups in total. The van der Waals surface area contributed by atoms with Gasteiger partial charge in [-0.1, -0.05) is 12.1 Å². The number of benzene rings is 1. The van der Waals surface area contributed by atoms with E-state index >= 15 is 0 Å². The summed E-state index contributed by atoms with van der Waals surface area (Å²) in [5.74, 6) is -0.145. The number of aryl methyl sites for hydroxylation is 1. The van der Waals surface area contributed by atoms with Crippen LogP contribution in [0.25, 0.3) is 5.69 Å². The molecule has 0 unspecified atom stereocenters. The Morgan fingerprint density at radius 3 is 2.53 bits per heavy atom. The number of ether oxygens (including phenoxy) is 1. The molecule has 2 saturated heterocycles. The summed E-state index contributed by atoms with van der Waals surface area (Å²) in [5, 5.41) is 8.36. The highest BCUT2D eigenvalue weighted by Crippen LogP contribution is 2.41. The third kappa shape index (κ3) is 3.47. The predicted molar refractivity (Wildman–Crippen MR) is 105 cm³/mol. The van der Waals surface area contributed by atoms with E-state index in [1.54, 1.807) is 18.5 Å². The molecule has 0 spiro atoms. The molecule has 1 aromatic carbocycles. The molecule has 2 aliphatic heterocycles. The fourth-order valence-corrected chi connectivity index (χ4v) is 4.60. The van der Waals surface area contributed by atoms with Crippen molar-refractivity contribution in [2.24, 2.45) is 0 Å². The van der Waals surface area contributed by atoms with Crippen molar-refractivity contribution in [3.63, 3.8) is 0 Å². The second kappa shape index (κ2) is 7.57. The molecule has 2 aromatic heterocycles. The van der Waals surface area contributed by atoms with Crippen LogP contribution in [-0.4, -0.2) is 54.0 Å². The van der Waals surface area contributed by atoms with Gasteiger partial charge < -0.3 is 9.64 Å². The second-order valence-electron chi connectivity index (χ2n) is 7.94. The molecule has 2 aliphatic rings. The Morgan fingerprint density at radius 1 is 1.12 bits per heavy atom. The number of amides is 1. The Balaban J connectivity index is 1.38. The zero-order chi connectivity index (χ0) is 22.5. The van der Waals surface area contributed by atoms with E-state index in [-0.39, 0.29) is 30.1 Å². The normalized spacial score (nSPS) is 22.4. The van der Waals surface area contributed by atoms with Gasteiger partial charge in [0.25, 0.3) is 5.91 Å². The first-order valence-corrected chi connectivity index (χ1v) is 10.2. The number of nitrogens with zero attached hydrogens (tertiary/aromatic N) is 6. The van der Waals surface area contributed by atoms with Crippen LogP contribution in [0.2, 0.25) is 0 Å². The van der Waals surface area contributed by atoms with E-state index in [9.17, 15) is 18.0 Å². The number of hydrogen-bond donors (Lipinski definition) is 0. The third-order valence-electron chi connectivity index (χ3n) is 6.01. The van der Waals surface area contributed by atoms with Crippen molar-refractivity contribution in [2.75, 3.05) is 0 Å². The quantitative estimate of drug-likeness (QED) is 0.614. The van der Waals surface area contributed by atoms with E-state index in [4.69, 9.17) is 4.74 Å². The van der Waals surface area contributed by atoms with Crippen molar-refractivity contribution in [2.45, 2.75) is 50.6 Å². The molecule has 3 aromatic rings. The number of rotatable bonds is 4. The SMILES string of the molecule is Cc1cccc(C(=O)N2[C@@H]3CC[C@H]2[C@H](Oc2ncc(C(F)(F)F)cn2)C3)c1-n1nccn1. The van der Waals surface area contributed by atoms with Crippen LogP contribution in [0, 0.1) is 6.92 Å². The molecule has 3 atom stereocenters. The lowest BCUT2D eigenvalue weighted by molar-refractivity contribution is -0.138. The van der Waals surface area contributed by atoms with Crippen molar-refractivity contribution < 1.29 is 22.7 Å². The van der Waals surface area contributed by atoms with Crippen LogP contribution < -0.4 is 4.74 Å². The van der Waals surface area contributed by atoms with E-state index in [0.29, 0.717) is 30.1 Å². The van der Waals surface area contributed by atoms with Gasteiger partial charge in [-0.2, -0.15) is 28.2 Å². The van der Waals surface area contributed by atoms with Gasteiger partial charge in [-0.15, -0.1) is 0 Å². The highest BCUT2D eigenvalue weighted by molar-refractivity contribution is 5.99. The van der Waals surface area contributed by atoms with Gasteiger partial charge in [0, 0.05) is 24.9 Å². The number of para-hydroxylation sites is 1. The predicted octanol–water partition coefficient (Wildman–Crippen LogP) is 3.21. The first-order valence-electron chi connectivity index (χ1n) is 10.2. The highest BCUT2D eigenvalue weighted by Gasteiger charge is 2.50. The van der Waals surface area contributed by atoms with Crippen molar-refractivity contribution >= 4 is 5.91 Å². The van der Waals surface area contributed by atoms with E-state index < -0.39 is 11.7 Å². The molecular formula is C21H19F3N6O2. The van der Waals surface area contributed by atoms with Gasteiger partial charge in [0.15, 0.2) is 0 Å². The van der Waals surface area contributed by atoms with Crippen LogP contribution in [0.1, 0.15) is 40.7 Å². The minimum atomic E-state index is -4.51. The fourth-order valence-electron chi connectivity index (χ4n) is 4.60. The molecule has 4 heterocycles. The van der Waals surface area contributed by atoms with Gasteiger partial charge in [-0.05, 0) is 31.4 Å². The molecule has 1 amide bonds. The molecule has 11 heteroatoms. The summed E-state index contributed by atoms with van der Waals surface area (Å²) in [6.45, 7) is 1.89. The Labute approximate surface area is 181 Å². The maximum Gasteiger partial charge on any atom is 0.419 e. The van der Waals surface area contributed by atoms with Gasteiger partial charge in [0.05, 0.1) is 29.6 Å². The minimum Gasteiger partial charge on any atom is -0.458 e. The van der Waals surface area contributed by atoms with Crippen LogP contribution in [-0.2, 0) is 6.18 Å². The lowest BCUT2D eigenvalue weighted by Crippen LogP contribution is -2.40. The smallest absolute Gasteiger partial charge is 0.419 e. The molecule has 5 rings (SSSR count). The van der Waals surface area contributed by atoms with Gasteiger partial charge in [0.1, 0.15) is 11.8 Å². The second-order valence-corrected chi connectivity index (χ2v) is 7.94. The summed E-state index contributed by atoms with van der Waals surface area (Å²) in [6, 6.07) is 5.10. The van der Waals surface area contributed by atoms with Crippen molar-refractivity contribution in [1.29, 1.82) is 0 Å². The van der Waals surface area contributed by atoms with E-state index in [2.05, 4.69) is 20.2 Å². The largest absolute Gasteiger partial charge is 0.458 e. The number of halogens is 3. The summed E-state index contributed by atoms with van der Waals surface area (Å²) in [6.07, 6.45) is 1.76. The average molecular weight is 444 g/mol. The molecule has 0 radical (unpaired) electrons. The molecule has 0 aliphatic carbocycles. The van der Waals surface area contributed by atoms with E-state index in [1.165, 1.54) is 4.80 Å². The number of hydrogen-bond acceptors (Lipinski definition) is 6. The van der Waals surface area contributed by atoms with Crippen LogP contribution in [0.4, 0.5) is 13.2 Å². The number of alkyl halides is 3. The molecular weight excluding hydrogens is 425 g/mol. The zero-order valence-corrected chi connectivity index (χ0v) is 17.0.